The van der Waals surface area contributed by atoms with E-state index < -0.39 is 0 Å². The Labute approximate surface area is 243 Å². The zero-order chi connectivity index (χ0) is 28.1. The van der Waals surface area contributed by atoms with E-state index in [1.807, 2.05) is 30.0 Å². The Kier molecular flexibility index (Phi) is 9.19. The molecule has 1 atom stereocenters. The molecule has 6 nitrogen and oxygen atoms in total. The third kappa shape index (κ3) is 6.91. The third-order valence-corrected chi connectivity index (χ3v) is 8.98. The number of halogens is 1. The largest absolute Gasteiger partial charge is 0.493 e. The van der Waals surface area contributed by atoms with Crippen LogP contribution in [0.3, 0.4) is 0 Å². The van der Waals surface area contributed by atoms with Gasteiger partial charge in [-0.1, -0.05) is 41.9 Å². The number of nitrogens with zero attached hydrogens (tertiary/aromatic N) is 3. The number of hydrogen-bond acceptors (Lipinski definition) is 4. The van der Waals surface area contributed by atoms with E-state index in [0.29, 0.717) is 39.3 Å². The fraction of sp³-hybridized carbons (Fsp3) is 0.485. The molecule has 0 radical (unpaired) electrons. The van der Waals surface area contributed by atoms with Crippen molar-refractivity contribution in [3.63, 3.8) is 0 Å². The number of carbonyl (C=O) groups is 1. The molecule has 2 aromatic carbocycles. The normalized spacial score (nSPS) is 20.1. The Balaban J connectivity index is 1.33. The zero-order valence-electron chi connectivity index (χ0n) is 24.1. The molecule has 0 unspecified atom stereocenters. The van der Waals surface area contributed by atoms with Crippen LogP contribution in [0.25, 0.3) is 0 Å². The summed E-state index contributed by atoms with van der Waals surface area (Å²) in [6.07, 6.45) is 2.50. The van der Waals surface area contributed by atoms with Gasteiger partial charge in [-0.05, 0) is 81.1 Å². The second-order valence-electron chi connectivity index (χ2n) is 11.7. The zero-order valence-corrected chi connectivity index (χ0v) is 24.9. The molecule has 2 aliphatic rings. The van der Waals surface area contributed by atoms with Gasteiger partial charge in [0.1, 0.15) is 5.75 Å². The van der Waals surface area contributed by atoms with Crippen molar-refractivity contribution in [1.82, 2.24) is 14.4 Å². The van der Waals surface area contributed by atoms with Crippen LogP contribution in [0.15, 0.2) is 54.6 Å². The molecule has 2 aliphatic heterocycles. The van der Waals surface area contributed by atoms with Gasteiger partial charge in [-0.25, -0.2) is 0 Å². The SMILES string of the molecule is Cc1cc(OC[C@]2(CC(=O)N3CCOCC3)CCCN(Cc3cc(C)n(Cc4ccccc4)c3C)C2)ccc1Cl. The van der Waals surface area contributed by atoms with Crippen LogP contribution >= 0.6 is 11.6 Å². The summed E-state index contributed by atoms with van der Waals surface area (Å²) in [6, 6.07) is 18.8. The van der Waals surface area contributed by atoms with E-state index in [4.69, 9.17) is 21.1 Å². The van der Waals surface area contributed by atoms with Crippen LogP contribution in [0.2, 0.25) is 5.02 Å². The van der Waals surface area contributed by atoms with Crippen LogP contribution < -0.4 is 4.74 Å². The van der Waals surface area contributed by atoms with Gasteiger partial charge in [0.2, 0.25) is 5.91 Å². The molecule has 3 aromatic rings. The molecule has 40 heavy (non-hydrogen) atoms. The molecular formula is C33H42ClN3O3. The van der Waals surface area contributed by atoms with Crippen LogP contribution in [-0.2, 0) is 22.6 Å². The molecule has 0 saturated carbocycles. The topological polar surface area (TPSA) is 46.9 Å². The Hall–Kier alpha value is -2.80. The van der Waals surface area contributed by atoms with Crippen LogP contribution in [-0.4, -0.2) is 66.3 Å². The number of amides is 1. The first-order valence-electron chi connectivity index (χ1n) is 14.5. The fourth-order valence-corrected chi connectivity index (χ4v) is 6.35. The molecule has 1 amide bonds. The standard InChI is InChI=1S/C33H42ClN3O3/c1-25-18-30(10-11-31(25)34)40-24-33(20-32(38)36-14-16-39-17-15-36)12-7-13-35(23-33)22-29-19-26(2)37(27(29)3)21-28-8-5-4-6-9-28/h4-6,8-11,18-19H,7,12-17,20-24H2,1-3H3/t33-/m0/s1. The van der Waals surface area contributed by atoms with Gasteiger partial charge in [-0.15, -0.1) is 0 Å². The van der Waals surface area contributed by atoms with Gasteiger partial charge in [-0.2, -0.15) is 0 Å². The molecule has 0 bridgehead atoms. The second-order valence-corrected chi connectivity index (χ2v) is 12.1. The summed E-state index contributed by atoms with van der Waals surface area (Å²) in [5.74, 6) is 1.02. The van der Waals surface area contributed by atoms with Gasteiger partial charge in [0.15, 0.2) is 0 Å². The molecule has 7 heteroatoms. The van der Waals surface area contributed by atoms with Crippen LogP contribution in [0.1, 0.15) is 47.3 Å². The lowest BCUT2D eigenvalue weighted by atomic mass is 9.77. The first-order valence-corrected chi connectivity index (χ1v) is 14.9. The number of piperidine rings is 1. The molecule has 2 fully saturated rings. The van der Waals surface area contributed by atoms with E-state index in [1.54, 1.807) is 0 Å². The second kappa shape index (κ2) is 12.8. The van der Waals surface area contributed by atoms with Crippen molar-refractivity contribution in [3.8, 4) is 5.75 Å². The number of hydrogen-bond donors (Lipinski definition) is 0. The highest BCUT2D eigenvalue weighted by Crippen LogP contribution is 2.37. The molecule has 214 valence electrons. The van der Waals surface area contributed by atoms with Gasteiger partial charge in [0, 0.05) is 61.0 Å². The average molecular weight is 564 g/mol. The van der Waals surface area contributed by atoms with E-state index >= 15 is 0 Å². The first-order chi connectivity index (χ1) is 19.3. The van der Waals surface area contributed by atoms with E-state index in [2.05, 4.69) is 59.7 Å². The minimum atomic E-state index is -0.253. The minimum Gasteiger partial charge on any atom is -0.493 e. The van der Waals surface area contributed by atoms with Gasteiger partial charge >= 0.3 is 0 Å². The molecule has 0 aliphatic carbocycles. The Morgan fingerprint density at radius 1 is 1.00 bits per heavy atom. The Morgan fingerprint density at radius 3 is 2.52 bits per heavy atom. The maximum atomic E-state index is 13.5. The van der Waals surface area contributed by atoms with E-state index in [1.165, 1.54) is 22.5 Å². The third-order valence-electron chi connectivity index (χ3n) is 8.56. The molecule has 5 rings (SSSR count). The van der Waals surface area contributed by atoms with E-state index in [-0.39, 0.29) is 11.3 Å². The number of rotatable bonds is 9. The molecule has 0 spiro atoms. The Bertz CT molecular complexity index is 1300. The van der Waals surface area contributed by atoms with Crippen molar-refractivity contribution in [2.45, 2.75) is 53.1 Å². The summed E-state index contributed by atoms with van der Waals surface area (Å²) in [5, 5.41) is 0.735. The van der Waals surface area contributed by atoms with Crippen LogP contribution in [0.4, 0.5) is 0 Å². The van der Waals surface area contributed by atoms with Crippen molar-refractivity contribution in [2.24, 2.45) is 5.41 Å². The highest BCUT2D eigenvalue weighted by molar-refractivity contribution is 6.31. The van der Waals surface area contributed by atoms with E-state index in [9.17, 15) is 4.79 Å². The molecule has 2 saturated heterocycles. The summed E-state index contributed by atoms with van der Waals surface area (Å²) in [6.45, 7) is 13.1. The Morgan fingerprint density at radius 2 is 1.77 bits per heavy atom. The number of ether oxygens (including phenoxy) is 2. The number of benzene rings is 2. The maximum Gasteiger partial charge on any atom is 0.223 e. The maximum absolute atomic E-state index is 13.5. The molecular weight excluding hydrogens is 522 g/mol. The molecule has 3 heterocycles. The fourth-order valence-electron chi connectivity index (χ4n) is 6.23. The van der Waals surface area contributed by atoms with Crippen molar-refractivity contribution in [1.29, 1.82) is 0 Å². The molecule has 1 aromatic heterocycles. The van der Waals surface area contributed by atoms with Crippen molar-refractivity contribution in [3.05, 3.63) is 87.7 Å². The summed E-state index contributed by atoms with van der Waals surface area (Å²) in [5.41, 5.74) is 6.01. The predicted molar refractivity (Wildman–Crippen MR) is 160 cm³/mol. The number of aromatic nitrogens is 1. The van der Waals surface area contributed by atoms with Crippen molar-refractivity contribution in [2.75, 3.05) is 46.0 Å². The van der Waals surface area contributed by atoms with Crippen molar-refractivity contribution >= 4 is 17.5 Å². The lowest BCUT2D eigenvalue weighted by Crippen LogP contribution is -2.50. The first kappa shape index (κ1) is 28.7. The summed E-state index contributed by atoms with van der Waals surface area (Å²) in [4.78, 5) is 18.0. The summed E-state index contributed by atoms with van der Waals surface area (Å²) in [7, 11) is 0. The van der Waals surface area contributed by atoms with Crippen LogP contribution in [0, 0.1) is 26.2 Å². The van der Waals surface area contributed by atoms with Gasteiger partial charge in [-0.3, -0.25) is 9.69 Å². The summed E-state index contributed by atoms with van der Waals surface area (Å²) < 4.78 is 14.3. The average Bonchev–Trinajstić information content (AvgIpc) is 3.22. The van der Waals surface area contributed by atoms with Gasteiger partial charge in [0.25, 0.3) is 0 Å². The lowest BCUT2D eigenvalue weighted by Gasteiger charge is -2.43. The van der Waals surface area contributed by atoms with E-state index in [0.717, 1.165) is 55.4 Å². The number of carbonyl (C=O) groups excluding carboxylic acids is 1. The van der Waals surface area contributed by atoms with Crippen molar-refractivity contribution < 1.29 is 14.3 Å². The quantitative estimate of drug-likeness (QED) is 0.319. The predicted octanol–water partition coefficient (Wildman–Crippen LogP) is 6.03. The number of morpholine rings is 1. The smallest absolute Gasteiger partial charge is 0.223 e. The minimum absolute atomic E-state index is 0.210. The number of likely N-dealkylation sites (tertiary alicyclic amines) is 1. The van der Waals surface area contributed by atoms with Gasteiger partial charge < -0.3 is 18.9 Å². The lowest BCUT2D eigenvalue weighted by molar-refractivity contribution is -0.139. The molecule has 0 N–H and O–H groups in total. The summed E-state index contributed by atoms with van der Waals surface area (Å²) >= 11 is 6.25. The van der Waals surface area contributed by atoms with Crippen LogP contribution in [0.5, 0.6) is 5.75 Å². The highest BCUT2D eigenvalue weighted by Gasteiger charge is 2.40. The van der Waals surface area contributed by atoms with Gasteiger partial charge in [0.05, 0.1) is 19.8 Å². The monoisotopic (exact) mass is 563 g/mol. The number of aryl methyl sites for hydroxylation is 2. The highest BCUT2D eigenvalue weighted by atomic mass is 35.5.